The number of nitrogens with zero attached hydrogens (tertiary/aromatic N) is 2. The van der Waals surface area contributed by atoms with E-state index >= 15 is 0 Å². The highest BCUT2D eigenvalue weighted by Gasteiger charge is 2.29. The first-order valence-electron chi connectivity index (χ1n) is 12.8. The molecule has 36 heavy (non-hydrogen) atoms. The molecule has 2 amide bonds. The van der Waals surface area contributed by atoms with Crippen molar-refractivity contribution in [3.63, 3.8) is 0 Å². The van der Waals surface area contributed by atoms with Gasteiger partial charge in [0.25, 0.3) is 0 Å². The van der Waals surface area contributed by atoms with E-state index in [0.29, 0.717) is 29.6 Å². The average molecular weight is 527 g/mol. The number of carbonyl (C=O) groups excluding carboxylic acids is 2. The van der Waals surface area contributed by atoms with Gasteiger partial charge in [0.15, 0.2) is 0 Å². The van der Waals surface area contributed by atoms with Crippen LogP contribution in [-0.4, -0.2) is 41.2 Å². The van der Waals surface area contributed by atoms with Crippen LogP contribution in [-0.2, 0) is 37.1 Å². The molecule has 0 spiro atoms. The number of hydrogen-bond donors (Lipinski definition) is 2. The number of ether oxygens (including phenoxy) is 1. The second-order valence-electron chi connectivity index (χ2n) is 9.58. The zero-order valence-electron chi connectivity index (χ0n) is 21.2. The minimum atomic E-state index is -0.345. The number of esters is 1. The molecule has 1 unspecified atom stereocenters. The van der Waals surface area contributed by atoms with Crippen LogP contribution in [0.2, 0.25) is 0 Å². The first-order chi connectivity index (χ1) is 17.5. The van der Waals surface area contributed by atoms with Crippen LogP contribution in [0.25, 0.3) is 5.00 Å². The van der Waals surface area contributed by atoms with E-state index in [-0.39, 0.29) is 12.0 Å². The van der Waals surface area contributed by atoms with Gasteiger partial charge in [-0.15, -0.1) is 22.7 Å². The lowest BCUT2D eigenvalue weighted by Gasteiger charge is -2.25. The van der Waals surface area contributed by atoms with Gasteiger partial charge in [-0.2, -0.15) is 0 Å². The van der Waals surface area contributed by atoms with E-state index in [2.05, 4.69) is 46.3 Å². The Labute approximate surface area is 220 Å². The van der Waals surface area contributed by atoms with Gasteiger partial charge in [-0.1, -0.05) is 13.8 Å². The standard InChI is InChI=1S/C27H34N4O3S2/c1-4-30-13-10-18-20(25(36-22(18)16-30)31-11-6-7-12-31)15-28-27(33)29-24-23(26(32)34-5-2)19-9-8-17(3)14-21(19)35-24/h6-7,11-12,17H,4-5,8-10,13-16H2,1-3H3,(H2,28,29,33). The van der Waals surface area contributed by atoms with E-state index in [1.807, 2.05) is 30.4 Å². The van der Waals surface area contributed by atoms with Crippen molar-refractivity contribution < 1.29 is 14.3 Å². The third-order valence-corrected chi connectivity index (χ3v) is 9.60. The van der Waals surface area contributed by atoms with Crippen LogP contribution < -0.4 is 10.6 Å². The molecule has 3 aromatic rings. The zero-order chi connectivity index (χ0) is 25.2. The van der Waals surface area contributed by atoms with Crippen molar-refractivity contribution >= 4 is 39.7 Å². The van der Waals surface area contributed by atoms with E-state index in [4.69, 9.17) is 4.74 Å². The third kappa shape index (κ3) is 4.96. The van der Waals surface area contributed by atoms with Crippen LogP contribution in [0.5, 0.6) is 0 Å². The highest BCUT2D eigenvalue weighted by Crippen LogP contribution is 2.40. The number of thiophene rings is 2. The molecule has 0 saturated heterocycles. The van der Waals surface area contributed by atoms with Gasteiger partial charge in [0.2, 0.25) is 0 Å². The summed E-state index contributed by atoms with van der Waals surface area (Å²) in [7, 11) is 0. The number of likely N-dealkylation sites (N-methyl/N-ethyl adjacent to an activating group) is 1. The summed E-state index contributed by atoms with van der Waals surface area (Å²) in [5.41, 5.74) is 4.14. The summed E-state index contributed by atoms with van der Waals surface area (Å²) in [6.45, 7) is 10.0. The maximum atomic E-state index is 13.1. The van der Waals surface area contributed by atoms with Gasteiger partial charge in [0.05, 0.1) is 12.2 Å². The normalized spacial score (nSPS) is 17.4. The molecule has 0 fully saturated rings. The highest BCUT2D eigenvalue weighted by atomic mass is 32.1. The molecule has 0 radical (unpaired) electrons. The fourth-order valence-corrected chi connectivity index (χ4v) is 7.98. The minimum Gasteiger partial charge on any atom is -0.462 e. The number of amides is 2. The van der Waals surface area contributed by atoms with Crippen molar-refractivity contribution in [2.45, 2.75) is 59.5 Å². The molecule has 7 nitrogen and oxygen atoms in total. The largest absolute Gasteiger partial charge is 0.462 e. The smallest absolute Gasteiger partial charge is 0.341 e. The second kappa shape index (κ2) is 10.8. The topological polar surface area (TPSA) is 75.6 Å². The van der Waals surface area contributed by atoms with E-state index in [0.717, 1.165) is 55.9 Å². The molecular formula is C27H34N4O3S2. The van der Waals surface area contributed by atoms with Gasteiger partial charge < -0.3 is 14.6 Å². The second-order valence-corrected chi connectivity index (χ2v) is 11.8. The van der Waals surface area contributed by atoms with Gasteiger partial charge in [0, 0.05) is 47.3 Å². The lowest BCUT2D eigenvalue weighted by Crippen LogP contribution is -2.31. The number of aromatic nitrogens is 1. The predicted molar refractivity (Wildman–Crippen MR) is 146 cm³/mol. The summed E-state index contributed by atoms with van der Waals surface area (Å²) in [5.74, 6) is 0.232. The lowest BCUT2D eigenvalue weighted by molar-refractivity contribution is 0.0526. The summed E-state index contributed by atoms with van der Waals surface area (Å²) in [5, 5.41) is 7.84. The van der Waals surface area contributed by atoms with E-state index in [1.165, 1.54) is 32.2 Å². The maximum absolute atomic E-state index is 13.1. The van der Waals surface area contributed by atoms with Crippen LogP contribution >= 0.6 is 22.7 Å². The van der Waals surface area contributed by atoms with Crippen LogP contribution in [0.1, 0.15) is 64.0 Å². The molecule has 0 saturated carbocycles. The van der Waals surface area contributed by atoms with E-state index < -0.39 is 0 Å². The Balaban J connectivity index is 1.36. The van der Waals surface area contributed by atoms with Crippen molar-refractivity contribution in [1.82, 2.24) is 14.8 Å². The number of fused-ring (bicyclic) bond motifs is 2. The van der Waals surface area contributed by atoms with E-state index in [1.54, 1.807) is 0 Å². The SMILES string of the molecule is CCOC(=O)c1c(NC(=O)NCc2c(-n3cccc3)sc3c2CCN(CC)C3)sc2c1CCC(C)C2. The first kappa shape index (κ1) is 25.0. The summed E-state index contributed by atoms with van der Waals surface area (Å²) >= 11 is 3.33. The Bertz CT molecular complexity index is 1240. The number of nitrogens with one attached hydrogen (secondary N) is 2. The number of anilines is 1. The highest BCUT2D eigenvalue weighted by molar-refractivity contribution is 7.17. The molecule has 9 heteroatoms. The minimum absolute atomic E-state index is 0.295. The summed E-state index contributed by atoms with van der Waals surface area (Å²) in [6, 6.07) is 3.76. The molecular weight excluding hydrogens is 492 g/mol. The fourth-order valence-electron chi connectivity index (χ4n) is 5.21. The van der Waals surface area contributed by atoms with Gasteiger partial charge >= 0.3 is 12.0 Å². The van der Waals surface area contributed by atoms with Crippen molar-refractivity contribution in [3.05, 3.63) is 56.5 Å². The lowest BCUT2D eigenvalue weighted by atomic mass is 9.88. The molecule has 0 bridgehead atoms. The molecule has 2 N–H and O–H groups in total. The zero-order valence-corrected chi connectivity index (χ0v) is 22.8. The first-order valence-corrected chi connectivity index (χ1v) is 14.5. The summed E-state index contributed by atoms with van der Waals surface area (Å²) < 4.78 is 7.49. The summed E-state index contributed by atoms with van der Waals surface area (Å²) in [6.07, 6.45) is 7.93. The molecule has 4 heterocycles. The Kier molecular flexibility index (Phi) is 7.50. The summed E-state index contributed by atoms with van der Waals surface area (Å²) in [4.78, 5) is 30.9. The van der Waals surface area contributed by atoms with Crippen molar-refractivity contribution in [3.8, 4) is 5.00 Å². The number of rotatable bonds is 7. The van der Waals surface area contributed by atoms with Crippen molar-refractivity contribution in [2.24, 2.45) is 5.92 Å². The molecule has 1 atom stereocenters. The monoisotopic (exact) mass is 526 g/mol. The quantitative estimate of drug-likeness (QED) is 0.393. The van der Waals surface area contributed by atoms with Crippen LogP contribution in [0, 0.1) is 5.92 Å². The van der Waals surface area contributed by atoms with Gasteiger partial charge in [-0.05, 0) is 68.3 Å². The molecule has 192 valence electrons. The maximum Gasteiger partial charge on any atom is 0.341 e. The molecule has 1 aliphatic carbocycles. The van der Waals surface area contributed by atoms with Crippen molar-refractivity contribution in [1.29, 1.82) is 0 Å². The van der Waals surface area contributed by atoms with Crippen LogP contribution in [0.4, 0.5) is 9.80 Å². The van der Waals surface area contributed by atoms with Gasteiger partial charge in [-0.25, -0.2) is 9.59 Å². The molecule has 1 aliphatic heterocycles. The molecule has 5 rings (SSSR count). The Morgan fingerprint density at radius 3 is 2.67 bits per heavy atom. The van der Waals surface area contributed by atoms with E-state index in [9.17, 15) is 9.59 Å². The Morgan fingerprint density at radius 2 is 1.92 bits per heavy atom. The Hall–Kier alpha value is -2.62. The molecule has 3 aromatic heterocycles. The van der Waals surface area contributed by atoms with Crippen LogP contribution in [0.3, 0.4) is 0 Å². The number of urea groups is 1. The number of hydrogen-bond acceptors (Lipinski definition) is 6. The third-order valence-electron chi connectivity index (χ3n) is 7.15. The number of carbonyl (C=O) groups is 2. The van der Waals surface area contributed by atoms with Gasteiger partial charge in [-0.3, -0.25) is 10.2 Å². The van der Waals surface area contributed by atoms with Crippen LogP contribution in [0.15, 0.2) is 24.5 Å². The average Bonchev–Trinajstić information content (AvgIpc) is 3.59. The van der Waals surface area contributed by atoms with Gasteiger partial charge in [0.1, 0.15) is 10.0 Å². The molecule has 2 aliphatic rings. The Morgan fingerprint density at radius 1 is 1.11 bits per heavy atom. The van der Waals surface area contributed by atoms with Crippen molar-refractivity contribution in [2.75, 3.05) is 25.0 Å². The predicted octanol–water partition coefficient (Wildman–Crippen LogP) is 5.60. The fraction of sp³-hybridized carbons (Fsp3) is 0.481. The molecule has 0 aromatic carbocycles.